The lowest BCUT2D eigenvalue weighted by Crippen LogP contribution is -2.49. The van der Waals surface area contributed by atoms with Crippen LogP contribution in [0.3, 0.4) is 0 Å². The van der Waals surface area contributed by atoms with Gasteiger partial charge in [0, 0.05) is 12.1 Å². The van der Waals surface area contributed by atoms with Gasteiger partial charge in [-0.3, -0.25) is 4.79 Å². The average molecular weight is 440 g/mol. The number of hydrogen-bond donors (Lipinski definition) is 1. The number of hydrogen-bond acceptors (Lipinski definition) is 4. The molecule has 2 saturated heterocycles. The van der Waals surface area contributed by atoms with Gasteiger partial charge in [0.25, 0.3) is 0 Å². The summed E-state index contributed by atoms with van der Waals surface area (Å²) in [6, 6.07) is 0. The molecule has 2 aliphatic rings. The second kappa shape index (κ2) is 8.57. The van der Waals surface area contributed by atoms with Gasteiger partial charge in [-0.25, -0.2) is 4.79 Å². The maximum atomic E-state index is 12.8. The van der Waals surface area contributed by atoms with E-state index >= 15 is 0 Å². The van der Waals surface area contributed by atoms with Crippen molar-refractivity contribution in [2.45, 2.75) is 105 Å². The molecular weight excluding hydrogens is 394 g/mol. The SMILES string of the molecule is COC(=O)C(CC[C@@H]1CN(C(=O)O)C(C)(C)C1C(C)(C)C)C1CC(C)(C)OC(C)(C)C1. The number of likely N-dealkylation sites (tertiary alicyclic amines) is 1. The number of amides is 1. The Hall–Kier alpha value is -1.30. The molecule has 180 valence electrons. The maximum absolute atomic E-state index is 12.8. The van der Waals surface area contributed by atoms with E-state index in [0.29, 0.717) is 13.0 Å². The number of carboxylic acid groups (broad SMARTS) is 1. The number of methoxy groups -OCH3 is 1. The van der Waals surface area contributed by atoms with E-state index in [4.69, 9.17) is 9.47 Å². The molecule has 0 aliphatic carbocycles. The Labute approximate surface area is 189 Å². The highest BCUT2D eigenvalue weighted by Gasteiger charge is 2.54. The van der Waals surface area contributed by atoms with E-state index in [1.54, 1.807) is 4.90 Å². The Morgan fingerprint density at radius 3 is 2.03 bits per heavy atom. The van der Waals surface area contributed by atoms with Crippen LogP contribution in [0.4, 0.5) is 4.79 Å². The minimum atomic E-state index is -0.862. The summed E-state index contributed by atoms with van der Waals surface area (Å²) in [4.78, 5) is 26.4. The maximum Gasteiger partial charge on any atom is 0.407 e. The molecule has 2 rings (SSSR count). The van der Waals surface area contributed by atoms with E-state index in [1.807, 2.05) is 13.8 Å². The summed E-state index contributed by atoms with van der Waals surface area (Å²) in [5, 5.41) is 9.81. The van der Waals surface area contributed by atoms with E-state index in [9.17, 15) is 14.7 Å². The number of ether oxygens (including phenoxy) is 2. The predicted octanol–water partition coefficient (Wildman–Crippen LogP) is 5.59. The summed E-state index contributed by atoms with van der Waals surface area (Å²) < 4.78 is 11.5. The Morgan fingerprint density at radius 2 is 1.61 bits per heavy atom. The van der Waals surface area contributed by atoms with Gasteiger partial charge in [0.15, 0.2) is 0 Å². The topological polar surface area (TPSA) is 76.1 Å². The molecule has 2 unspecified atom stereocenters. The van der Waals surface area contributed by atoms with Crippen molar-refractivity contribution >= 4 is 12.1 Å². The molecular formula is C25H45NO5. The number of carbonyl (C=O) groups is 2. The molecule has 2 aliphatic heterocycles. The summed E-state index contributed by atoms with van der Waals surface area (Å²) >= 11 is 0. The Kier molecular flexibility index (Phi) is 7.17. The first-order chi connectivity index (χ1) is 13.9. The molecule has 0 radical (unpaired) electrons. The number of rotatable bonds is 5. The quantitative estimate of drug-likeness (QED) is 0.565. The summed E-state index contributed by atoms with van der Waals surface area (Å²) in [5.74, 6) is 0.244. The zero-order valence-electron chi connectivity index (χ0n) is 21.4. The van der Waals surface area contributed by atoms with Crippen LogP contribution >= 0.6 is 0 Å². The zero-order valence-corrected chi connectivity index (χ0v) is 21.4. The fourth-order valence-electron chi connectivity index (χ4n) is 7.21. The summed E-state index contributed by atoms with van der Waals surface area (Å²) in [6.45, 7) is 19.5. The third-order valence-electron chi connectivity index (χ3n) is 7.49. The van der Waals surface area contributed by atoms with Gasteiger partial charge in [0.1, 0.15) is 0 Å². The largest absolute Gasteiger partial charge is 0.469 e. The molecule has 3 atom stereocenters. The Bertz CT molecular complexity index is 660. The van der Waals surface area contributed by atoms with Crippen molar-refractivity contribution in [3.63, 3.8) is 0 Å². The molecule has 0 aromatic heterocycles. The van der Waals surface area contributed by atoms with Gasteiger partial charge in [-0.1, -0.05) is 20.8 Å². The van der Waals surface area contributed by atoms with E-state index in [1.165, 1.54) is 7.11 Å². The standard InChI is InChI=1S/C25H45NO5/c1-22(2,3)19-16(15-26(21(28)29)25(19,8)9)11-12-18(20(27)30-10)17-13-23(4,5)31-24(6,7)14-17/h16-19H,11-15H2,1-10H3,(H,28,29)/t16-,18?,19?/m1/s1. The fourth-order valence-corrected chi connectivity index (χ4v) is 7.21. The van der Waals surface area contributed by atoms with Crippen LogP contribution in [0.1, 0.15) is 88.0 Å². The summed E-state index contributed by atoms with van der Waals surface area (Å²) in [5.41, 5.74) is -1.07. The molecule has 1 amide bonds. The first-order valence-corrected chi connectivity index (χ1v) is 11.7. The minimum Gasteiger partial charge on any atom is -0.469 e. The van der Waals surface area contributed by atoms with Crippen LogP contribution in [0.15, 0.2) is 0 Å². The molecule has 0 aromatic carbocycles. The van der Waals surface area contributed by atoms with Gasteiger partial charge in [0.05, 0.1) is 24.2 Å². The number of carbonyl (C=O) groups excluding carboxylic acids is 1. The van der Waals surface area contributed by atoms with E-state index in [2.05, 4.69) is 48.5 Å². The predicted molar refractivity (Wildman–Crippen MR) is 122 cm³/mol. The third-order valence-corrected chi connectivity index (χ3v) is 7.49. The highest BCUT2D eigenvalue weighted by atomic mass is 16.5. The van der Waals surface area contributed by atoms with Crippen LogP contribution in [0, 0.1) is 29.1 Å². The second-order valence-corrected chi connectivity index (χ2v) is 12.6. The van der Waals surface area contributed by atoms with E-state index < -0.39 is 11.6 Å². The van der Waals surface area contributed by atoms with Crippen LogP contribution in [-0.4, -0.2) is 52.5 Å². The highest BCUT2D eigenvalue weighted by molar-refractivity contribution is 5.72. The second-order valence-electron chi connectivity index (χ2n) is 12.6. The van der Waals surface area contributed by atoms with Gasteiger partial charge in [-0.05, 0) is 90.4 Å². The van der Waals surface area contributed by atoms with Crippen LogP contribution in [0.2, 0.25) is 0 Å². The fraction of sp³-hybridized carbons (Fsp3) is 0.920. The lowest BCUT2D eigenvalue weighted by Gasteiger charge is -2.47. The highest BCUT2D eigenvalue weighted by Crippen LogP contribution is 2.51. The van der Waals surface area contributed by atoms with Crippen molar-refractivity contribution in [1.82, 2.24) is 4.90 Å². The summed E-state index contributed by atoms with van der Waals surface area (Å²) in [6.07, 6.45) is 2.29. The van der Waals surface area contributed by atoms with E-state index in [-0.39, 0.29) is 46.3 Å². The molecule has 6 nitrogen and oxygen atoms in total. The van der Waals surface area contributed by atoms with Gasteiger partial charge in [-0.2, -0.15) is 0 Å². The molecule has 0 bridgehead atoms. The van der Waals surface area contributed by atoms with Crippen molar-refractivity contribution in [1.29, 1.82) is 0 Å². The number of esters is 1. The molecule has 2 heterocycles. The normalized spacial score (nSPS) is 28.9. The average Bonchev–Trinajstić information content (AvgIpc) is 2.82. The molecule has 31 heavy (non-hydrogen) atoms. The minimum absolute atomic E-state index is 0.0399. The lowest BCUT2D eigenvalue weighted by atomic mass is 9.65. The molecule has 2 fully saturated rings. The molecule has 1 N–H and O–H groups in total. The van der Waals surface area contributed by atoms with Gasteiger partial charge >= 0.3 is 12.1 Å². The molecule has 0 saturated carbocycles. The van der Waals surface area contributed by atoms with Crippen LogP contribution in [-0.2, 0) is 14.3 Å². The molecule has 6 heteroatoms. The smallest absolute Gasteiger partial charge is 0.407 e. The number of nitrogens with zero attached hydrogens (tertiary/aromatic N) is 1. The van der Waals surface area contributed by atoms with Gasteiger partial charge < -0.3 is 19.5 Å². The van der Waals surface area contributed by atoms with Crippen LogP contribution in [0.5, 0.6) is 0 Å². The van der Waals surface area contributed by atoms with Gasteiger partial charge in [0.2, 0.25) is 0 Å². The van der Waals surface area contributed by atoms with Crippen LogP contribution < -0.4 is 0 Å². The van der Waals surface area contributed by atoms with Gasteiger partial charge in [-0.15, -0.1) is 0 Å². The third kappa shape index (κ3) is 5.74. The van der Waals surface area contributed by atoms with Crippen molar-refractivity contribution in [2.75, 3.05) is 13.7 Å². The van der Waals surface area contributed by atoms with Crippen molar-refractivity contribution in [2.24, 2.45) is 29.1 Å². The van der Waals surface area contributed by atoms with Crippen molar-refractivity contribution in [3.8, 4) is 0 Å². The van der Waals surface area contributed by atoms with Crippen LogP contribution in [0.25, 0.3) is 0 Å². The Morgan fingerprint density at radius 1 is 1.10 bits per heavy atom. The van der Waals surface area contributed by atoms with Crippen molar-refractivity contribution in [3.05, 3.63) is 0 Å². The zero-order chi connectivity index (χ0) is 24.0. The molecule has 0 spiro atoms. The van der Waals surface area contributed by atoms with E-state index in [0.717, 1.165) is 19.3 Å². The Balaban J connectivity index is 2.26. The molecule has 0 aromatic rings. The monoisotopic (exact) mass is 439 g/mol. The lowest BCUT2D eigenvalue weighted by molar-refractivity contribution is -0.185. The first-order valence-electron chi connectivity index (χ1n) is 11.7. The first kappa shape index (κ1) is 26.0. The van der Waals surface area contributed by atoms with Crippen molar-refractivity contribution < 1.29 is 24.2 Å². The summed E-state index contributed by atoms with van der Waals surface area (Å²) in [7, 11) is 1.47.